The summed E-state index contributed by atoms with van der Waals surface area (Å²) >= 11 is 1.10. The molecule has 0 radical (unpaired) electrons. The molecule has 1 unspecified atom stereocenters. The second-order valence-electron chi connectivity index (χ2n) is 5.75. The number of nitrogens with one attached hydrogen (secondary N) is 1. The zero-order valence-corrected chi connectivity index (χ0v) is 15.3. The van der Waals surface area contributed by atoms with Gasteiger partial charge in [0, 0.05) is 0 Å². The van der Waals surface area contributed by atoms with Crippen LogP contribution in [0.2, 0.25) is 0 Å². The minimum atomic E-state index is -3.78. The summed E-state index contributed by atoms with van der Waals surface area (Å²) in [6.07, 6.45) is 0.727. The van der Waals surface area contributed by atoms with Crippen molar-refractivity contribution in [2.24, 2.45) is 5.92 Å². The van der Waals surface area contributed by atoms with Crippen molar-refractivity contribution in [3.8, 4) is 0 Å². The Morgan fingerprint density at radius 2 is 1.88 bits per heavy atom. The topological polar surface area (TPSA) is 72.5 Å². The second kappa shape index (κ2) is 8.41. The fourth-order valence-corrected chi connectivity index (χ4v) is 4.19. The van der Waals surface area contributed by atoms with Crippen LogP contribution in [0.3, 0.4) is 0 Å². The highest BCUT2D eigenvalue weighted by molar-refractivity contribution is 7.91. The molecule has 0 aliphatic carbocycles. The summed E-state index contributed by atoms with van der Waals surface area (Å²) in [5.74, 6) is -0.197. The monoisotopic (exact) mass is 367 g/mol. The number of hydrogen-bond donors (Lipinski definition) is 1. The summed E-state index contributed by atoms with van der Waals surface area (Å²) in [6.45, 7) is 4.32. The highest BCUT2D eigenvalue weighted by Crippen LogP contribution is 2.21. The molecule has 7 heteroatoms. The van der Waals surface area contributed by atoms with E-state index in [1.165, 1.54) is 6.07 Å². The molecule has 130 valence electrons. The quantitative estimate of drug-likeness (QED) is 0.726. The number of hydrogen-bond acceptors (Lipinski definition) is 5. The normalized spacial score (nSPS) is 13.0. The third-order valence-electron chi connectivity index (χ3n) is 3.34. The molecule has 1 aromatic carbocycles. The second-order valence-corrected chi connectivity index (χ2v) is 8.64. The summed E-state index contributed by atoms with van der Waals surface area (Å²) in [7, 11) is -3.78. The van der Waals surface area contributed by atoms with Gasteiger partial charge in [0.2, 0.25) is 0 Å². The minimum absolute atomic E-state index is 0.165. The van der Waals surface area contributed by atoms with Gasteiger partial charge in [-0.05, 0) is 29.3 Å². The van der Waals surface area contributed by atoms with E-state index in [1.54, 1.807) is 41.8 Å². The van der Waals surface area contributed by atoms with E-state index in [0.29, 0.717) is 11.5 Å². The summed E-state index contributed by atoms with van der Waals surface area (Å²) in [5, 5.41) is 1.67. The Bertz CT molecular complexity index is 740. The van der Waals surface area contributed by atoms with Gasteiger partial charge in [0.25, 0.3) is 10.0 Å². The standard InChI is InChI=1S/C17H21NO4S2/c1-13(2)10-11-22-17(19)16(14-7-4-3-5-8-14)18-24(20,21)15-9-6-12-23-15/h3-9,12-13,16,18H,10-11H2,1-2H3. The number of sulfonamides is 1. The van der Waals surface area contributed by atoms with Gasteiger partial charge in [-0.15, -0.1) is 11.3 Å². The van der Waals surface area contributed by atoms with Gasteiger partial charge < -0.3 is 4.74 Å². The lowest BCUT2D eigenvalue weighted by atomic mass is 10.1. The van der Waals surface area contributed by atoms with Crippen molar-refractivity contribution in [3.05, 3.63) is 53.4 Å². The summed E-state index contributed by atoms with van der Waals surface area (Å²) in [5.41, 5.74) is 0.548. The van der Waals surface area contributed by atoms with Gasteiger partial charge in [-0.25, -0.2) is 13.2 Å². The van der Waals surface area contributed by atoms with Crippen molar-refractivity contribution < 1.29 is 17.9 Å². The van der Waals surface area contributed by atoms with E-state index in [9.17, 15) is 13.2 Å². The lowest BCUT2D eigenvalue weighted by Crippen LogP contribution is -2.34. The van der Waals surface area contributed by atoms with Crippen LogP contribution in [0.1, 0.15) is 31.9 Å². The average Bonchev–Trinajstić information content (AvgIpc) is 3.08. The lowest BCUT2D eigenvalue weighted by Gasteiger charge is -2.18. The predicted molar refractivity (Wildman–Crippen MR) is 94.2 cm³/mol. The van der Waals surface area contributed by atoms with Gasteiger partial charge in [0.15, 0.2) is 0 Å². The molecule has 0 aliphatic heterocycles. The van der Waals surface area contributed by atoms with Crippen molar-refractivity contribution in [3.63, 3.8) is 0 Å². The van der Waals surface area contributed by atoms with Gasteiger partial charge in [-0.2, -0.15) is 4.72 Å². The minimum Gasteiger partial charge on any atom is -0.464 e. The first-order chi connectivity index (χ1) is 11.4. The van der Waals surface area contributed by atoms with E-state index in [1.807, 2.05) is 13.8 Å². The van der Waals surface area contributed by atoms with Crippen LogP contribution in [0.15, 0.2) is 52.1 Å². The van der Waals surface area contributed by atoms with E-state index in [4.69, 9.17) is 4.74 Å². The molecule has 1 atom stereocenters. The number of benzene rings is 1. The van der Waals surface area contributed by atoms with Gasteiger partial charge >= 0.3 is 5.97 Å². The first-order valence-electron chi connectivity index (χ1n) is 7.67. The van der Waals surface area contributed by atoms with E-state index >= 15 is 0 Å². The van der Waals surface area contributed by atoms with Crippen LogP contribution in [-0.2, 0) is 19.6 Å². The molecular weight excluding hydrogens is 346 g/mol. The highest BCUT2D eigenvalue weighted by atomic mass is 32.2. The predicted octanol–water partition coefficient (Wildman–Crippen LogP) is 3.36. The molecule has 1 aromatic heterocycles. The third-order valence-corrected chi connectivity index (χ3v) is 6.16. The van der Waals surface area contributed by atoms with E-state index < -0.39 is 22.0 Å². The Morgan fingerprint density at radius 1 is 1.17 bits per heavy atom. The molecule has 0 bridgehead atoms. The van der Waals surface area contributed by atoms with Gasteiger partial charge in [0.1, 0.15) is 10.3 Å². The smallest absolute Gasteiger partial charge is 0.328 e. The number of ether oxygens (including phenoxy) is 1. The maximum absolute atomic E-state index is 12.5. The molecule has 2 aromatic rings. The molecule has 0 spiro atoms. The number of carbonyl (C=O) groups is 1. The Kier molecular flexibility index (Phi) is 6.53. The summed E-state index contributed by atoms with van der Waals surface area (Å²) < 4.78 is 32.8. The Balaban J connectivity index is 2.19. The lowest BCUT2D eigenvalue weighted by molar-refractivity contribution is -0.146. The molecule has 5 nitrogen and oxygen atoms in total. The van der Waals surface area contributed by atoms with Crippen LogP contribution >= 0.6 is 11.3 Å². The number of rotatable bonds is 8. The van der Waals surface area contributed by atoms with E-state index in [2.05, 4.69) is 4.72 Å². The Labute approximate surface area is 146 Å². The SMILES string of the molecule is CC(C)CCOC(=O)C(NS(=O)(=O)c1cccs1)c1ccccc1. The first kappa shape index (κ1) is 18.6. The first-order valence-corrected chi connectivity index (χ1v) is 10.0. The Hall–Kier alpha value is -1.70. The van der Waals surface area contributed by atoms with Crippen LogP contribution in [0, 0.1) is 5.92 Å². The third kappa shape index (κ3) is 5.15. The highest BCUT2D eigenvalue weighted by Gasteiger charge is 2.29. The maximum atomic E-state index is 12.5. The van der Waals surface area contributed by atoms with Crippen LogP contribution < -0.4 is 4.72 Å². The number of esters is 1. The fraction of sp³-hybridized carbons (Fsp3) is 0.353. The molecule has 0 fully saturated rings. The van der Waals surface area contributed by atoms with E-state index in [0.717, 1.165) is 17.8 Å². The number of thiophene rings is 1. The van der Waals surface area contributed by atoms with Crippen LogP contribution in [0.25, 0.3) is 0 Å². The van der Waals surface area contributed by atoms with Crippen molar-refractivity contribution in [2.45, 2.75) is 30.5 Å². The zero-order valence-electron chi connectivity index (χ0n) is 13.6. The molecule has 0 amide bonds. The summed E-state index contributed by atoms with van der Waals surface area (Å²) in [6, 6.07) is 10.8. The van der Waals surface area contributed by atoms with Crippen molar-refractivity contribution in [1.29, 1.82) is 0 Å². The maximum Gasteiger partial charge on any atom is 0.328 e. The van der Waals surface area contributed by atoms with Crippen LogP contribution in [0.5, 0.6) is 0 Å². The zero-order chi connectivity index (χ0) is 17.6. The van der Waals surface area contributed by atoms with Gasteiger partial charge in [-0.3, -0.25) is 0 Å². The molecule has 1 N–H and O–H groups in total. The molecule has 1 heterocycles. The van der Waals surface area contributed by atoms with Crippen LogP contribution in [-0.4, -0.2) is 21.0 Å². The largest absolute Gasteiger partial charge is 0.464 e. The molecule has 0 saturated heterocycles. The summed E-state index contributed by atoms with van der Waals surface area (Å²) in [4.78, 5) is 12.4. The van der Waals surface area contributed by atoms with Crippen molar-refractivity contribution in [1.82, 2.24) is 4.72 Å². The Morgan fingerprint density at radius 3 is 2.46 bits per heavy atom. The van der Waals surface area contributed by atoms with Crippen molar-refractivity contribution in [2.75, 3.05) is 6.61 Å². The van der Waals surface area contributed by atoms with E-state index in [-0.39, 0.29) is 10.8 Å². The molecular formula is C17H21NO4S2. The molecule has 0 aliphatic rings. The molecule has 24 heavy (non-hydrogen) atoms. The fourth-order valence-electron chi connectivity index (χ4n) is 2.01. The van der Waals surface area contributed by atoms with Crippen molar-refractivity contribution >= 4 is 27.3 Å². The van der Waals surface area contributed by atoms with Crippen LogP contribution in [0.4, 0.5) is 0 Å². The molecule has 2 rings (SSSR count). The number of carbonyl (C=O) groups excluding carboxylic acids is 1. The molecule has 0 saturated carbocycles. The van der Waals surface area contributed by atoms with Gasteiger partial charge in [0.05, 0.1) is 6.61 Å². The van der Waals surface area contributed by atoms with Gasteiger partial charge in [-0.1, -0.05) is 50.2 Å². The average molecular weight is 367 g/mol.